The van der Waals surface area contributed by atoms with Crippen molar-refractivity contribution in [3.8, 4) is 5.75 Å². The fraction of sp³-hybridized carbons (Fsp3) is 0.333. The summed E-state index contributed by atoms with van der Waals surface area (Å²) in [6.45, 7) is 0.794. The Morgan fingerprint density at radius 3 is 2.58 bits per heavy atom. The highest BCUT2D eigenvalue weighted by atomic mass is 32.1. The molecule has 2 aromatic heterocycles. The van der Waals surface area contributed by atoms with Crippen LogP contribution in [0.1, 0.15) is 44.6 Å². The lowest BCUT2D eigenvalue weighted by Crippen LogP contribution is -2.47. The van der Waals surface area contributed by atoms with Crippen molar-refractivity contribution >= 4 is 34.5 Å². The summed E-state index contributed by atoms with van der Waals surface area (Å²) in [6.07, 6.45) is 2.80. The van der Waals surface area contributed by atoms with E-state index in [1.165, 1.54) is 21.8 Å². The van der Waals surface area contributed by atoms with Gasteiger partial charge in [-0.3, -0.25) is 9.59 Å². The number of amides is 2. The number of nitrogens with zero attached hydrogens (tertiary/aromatic N) is 2. The van der Waals surface area contributed by atoms with Crippen LogP contribution in [0.15, 0.2) is 53.2 Å². The van der Waals surface area contributed by atoms with E-state index in [0.29, 0.717) is 11.4 Å². The van der Waals surface area contributed by atoms with E-state index in [0.717, 1.165) is 30.6 Å². The Kier molecular flexibility index (Phi) is 5.54. The van der Waals surface area contributed by atoms with Crippen LogP contribution in [0.4, 0.5) is 0 Å². The predicted molar refractivity (Wildman–Crippen MR) is 123 cm³/mol. The first-order valence-electron chi connectivity index (χ1n) is 10.5. The van der Waals surface area contributed by atoms with Gasteiger partial charge in [0.05, 0.1) is 18.0 Å². The topological polar surface area (TPSA) is 49.9 Å². The number of hydrogen-bond acceptors (Lipinski definition) is 5. The predicted octanol–water partition coefficient (Wildman–Crippen LogP) is 4.60. The standard InChI is InChI=1S/C24H24N2O3S2/c1-29-18-8-4-16(5-9-18)23-19-11-14-31-20(19)10-12-25(23)22(27)15-26(17-6-7-17)24(28)21-3-2-13-30-21/h2-5,8-9,11,13-14,17,23H,6-7,10,12,15H2,1H3. The summed E-state index contributed by atoms with van der Waals surface area (Å²) in [7, 11) is 1.65. The smallest absolute Gasteiger partial charge is 0.264 e. The minimum absolute atomic E-state index is 0.00877. The quantitative estimate of drug-likeness (QED) is 0.549. The molecule has 5 nitrogen and oxygen atoms in total. The molecule has 1 aromatic carbocycles. The first kappa shape index (κ1) is 20.3. The summed E-state index contributed by atoms with van der Waals surface area (Å²) < 4.78 is 5.31. The third-order valence-electron chi connectivity index (χ3n) is 6.00. The lowest BCUT2D eigenvalue weighted by atomic mass is 9.93. The van der Waals surface area contributed by atoms with Crippen molar-refractivity contribution in [2.45, 2.75) is 31.3 Å². The van der Waals surface area contributed by atoms with Crippen LogP contribution in [0.25, 0.3) is 0 Å². The molecular weight excluding hydrogens is 428 g/mol. The summed E-state index contributed by atoms with van der Waals surface area (Å²) in [5, 5.41) is 4.01. The van der Waals surface area contributed by atoms with E-state index < -0.39 is 0 Å². The van der Waals surface area contributed by atoms with Gasteiger partial charge in [-0.2, -0.15) is 0 Å². The van der Waals surface area contributed by atoms with Gasteiger partial charge in [0.15, 0.2) is 0 Å². The molecule has 1 fully saturated rings. The minimum Gasteiger partial charge on any atom is -0.497 e. The maximum atomic E-state index is 13.6. The lowest BCUT2D eigenvalue weighted by molar-refractivity contribution is -0.134. The fourth-order valence-electron chi connectivity index (χ4n) is 4.26. The third kappa shape index (κ3) is 4.00. The second-order valence-corrected chi connectivity index (χ2v) is 9.90. The van der Waals surface area contributed by atoms with Gasteiger partial charge in [0.2, 0.25) is 5.91 Å². The summed E-state index contributed by atoms with van der Waals surface area (Å²) in [6, 6.07) is 13.8. The zero-order valence-electron chi connectivity index (χ0n) is 17.3. The second-order valence-electron chi connectivity index (χ2n) is 7.95. The molecule has 3 heterocycles. The molecule has 0 saturated heterocycles. The normalized spacial score (nSPS) is 17.8. The van der Waals surface area contributed by atoms with Gasteiger partial charge in [0, 0.05) is 17.5 Å². The van der Waals surface area contributed by atoms with Gasteiger partial charge in [-0.15, -0.1) is 22.7 Å². The van der Waals surface area contributed by atoms with E-state index >= 15 is 0 Å². The largest absolute Gasteiger partial charge is 0.497 e. The number of hydrogen-bond donors (Lipinski definition) is 0. The Morgan fingerprint density at radius 2 is 1.90 bits per heavy atom. The van der Waals surface area contributed by atoms with Crippen molar-refractivity contribution in [2.24, 2.45) is 0 Å². The van der Waals surface area contributed by atoms with Crippen LogP contribution < -0.4 is 4.74 Å². The van der Waals surface area contributed by atoms with Gasteiger partial charge < -0.3 is 14.5 Å². The molecule has 0 spiro atoms. The molecule has 0 bridgehead atoms. The molecular formula is C24H24N2O3S2. The van der Waals surface area contributed by atoms with Crippen LogP contribution in [0.3, 0.4) is 0 Å². The highest BCUT2D eigenvalue weighted by Gasteiger charge is 2.38. The Balaban J connectivity index is 1.42. The van der Waals surface area contributed by atoms with Gasteiger partial charge in [-0.05, 0) is 65.4 Å². The van der Waals surface area contributed by atoms with Crippen molar-refractivity contribution in [1.29, 1.82) is 0 Å². The summed E-state index contributed by atoms with van der Waals surface area (Å²) in [4.78, 5) is 32.4. The minimum atomic E-state index is -0.133. The molecule has 2 aliphatic rings. The van der Waals surface area contributed by atoms with E-state index in [9.17, 15) is 9.59 Å². The van der Waals surface area contributed by atoms with Crippen LogP contribution in [0.5, 0.6) is 5.75 Å². The SMILES string of the molecule is COc1ccc(C2c3ccsc3CCN2C(=O)CN(C(=O)c2cccs2)C2CC2)cc1. The zero-order valence-corrected chi connectivity index (χ0v) is 19.0. The first-order valence-corrected chi connectivity index (χ1v) is 12.3. The van der Waals surface area contributed by atoms with Crippen molar-refractivity contribution < 1.29 is 14.3 Å². The Hall–Kier alpha value is -2.64. The number of carbonyl (C=O) groups excluding carboxylic acids is 2. The molecule has 7 heteroatoms. The Morgan fingerprint density at radius 1 is 1.10 bits per heavy atom. The van der Waals surface area contributed by atoms with Crippen LogP contribution in [-0.2, 0) is 11.2 Å². The van der Waals surface area contributed by atoms with E-state index in [2.05, 4.69) is 11.4 Å². The van der Waals surface area contributed by atoms with Gasteiger partial charge in [-0.25, -0.2) is 0 Å². The molecule has 1 saturated carbocycles. The zero-order chi connectivity index (χ0) is 21.4. The first-order chi connectivity index (χ1) is 15.2. The number of methoxy groups -OCH3 is 1. The van der Waals surface area contributed by atoms with Gasteiger partial charge in [-0.1, -0.05) is 18.2 Å². The van der Waals surface area contributed by atoms with Crippen molar-refractivity contribution in [3.63, 3.8) is 0 Å². The highest BCUT2D eigenvalue weighted by Crippen LogP contribution is 2.39. The Bertz CT molecular complexity index is 1070. The summed E-state index contributed by atoms with van der Waals surface area (Å²) in [5.41, 5.74) is 2.26. The lowest BCUT2D eigenvalue weighted by Gasteiger charge is -2.37. The average molecular weight is 453 g/mol. The molecule has 0 radical (unpaired) electrons. The Labute approximate surface area is 189 Å². The highest BCUT2D eigenvalue weighted by molar-refractivity contribution is 7.12. The van der Waals surface area contributed by atoms with Crippen LogP contribution in [0.2, 0.25) is 0 Å². The van der Waals surface area contributed by atoms with E-state index in [1.54, 1.807) is 23.3 Å². The van der Waals surface area contributed by atoms with Crippen molar-refractivity contribution in [1.82, 2.24) is 9.80 Å². The van der Waals surface area contributed by atoms with Crippen LogP contribution in [-0.4, -0.2) is 47.9 Å². The number of carbonyl (C=O) groups is 2. The molecule has 1 aliphatic heterocycles. The van der Waals surface area contributed by atoms with Crippen LogP contribution >= 0.6 is 22.7 Å². The molecule has 31 heavy (non-hydrogen) atoms. The number of benzene rings is 1. The van der Waals surface area contributed by atoms with E-state index in [-0.39, 0.29) is 30.4 Å². The fourth-order valence-corrected chi connectivity index (χ4v) is 5.84. The van der Waals surface area contributed by atoms with Crippen LogP contribution in [0, 0.1) is 0 Å². The number of thiophene rings is 2. The maximum Gasteiger partial charge on any atom is 0.264 e. The molecule has 160 valence electrons. The van der Waals surface area contributed by atoms with Gasteiger partial charge >= 0.3 is 0 Å². The third-order valence-corrected chi connectivity index (χ3v) is 7.86. The molecule has 5 rings (SSSR count). The molecule has 0 N–H and O–H groups in total. The molecule has 1 aliphatic carbocycles. The summed E-state index contributed by atoms with van der Waals surface area (Å²) in [5.74, 6) is 0.777. The van der Waals surface area contributed by atoms with Crippen molar-refractivity contribution in [2.75, 3.05) is 20.2 Å². The molecule has 1 unspecified atom stereocenters. The number of fused-ring (bicyclic) bond motifs is 1. The van der Waals surface area contributed by atoms with Crippen molar-refractivity contribution in [3.05, 3.63) is 74.1 Å². The monoisotopic (exact) mass is 452 g/mol. The maximum absolute atomic E-state index is 13.6. The van der Waals surface area contributed by atoms with E-state index in [4.69, 9.17) is 4.74 Å². The number of rotatable bonds is 6. The second kappa shape index (κ2) is 8.48. The van der Waals surface area contributed by atoms with E-state index in [1.807, 2.05) is 46.7 Å². The van der Waals surface area contributed by atoms with Gasteiger partial charge in [0.1, 0.15) is 12.3 Å². The average Bonchev–Trinajstić information content (AvgIpc) is 3.27. The molecule has 1 atom stereocenters. The molecule has 3 aromatic rings. The summed E-state index contributed by atoms with van der Waals surface area (Å²) >= 11 is 3.18. The number of ether oxygens (including phenoxy) is 1. The molecule has 2 amide bonds. The van der Waals surface area contributed by atoms with Gasteiger partial charge in [0.25, 0.3) is 5.91 Å².